The Kier molecular flexibility index (Phi) is 3.27. The molecule has 2 aliphatic rings. The summed E-state index contributed by atoms with van der Waals surface area (Å²) < 4.78 is 28.5. The number of fused-ring (bicyclic) bond motifs is 5. The molecular formula is C21H18F2N4. The monoisotopic (exact) mass is 364 g/mol. The van der Waals surface area contributed by atoms with Crippen LogP contribution in [0.1, 0.15) is 49.6 Å². The Balaban J connectivity index is 1.74. The third-order valence-electron chi connectivity index (χ3n) is 6.62. The first-order chi connectivity index (χ1) is 13.0. The van der Waals surface area contributed by atoms with Gasteiger partial charge in [0.25, 0.3) is 0 Å². The predicted octanol–water partition coefficient (Wildman–Crippen LogP) is 4.42. The lowest BCUT2D eigenvalue weighted by molar-refractivity contribution is 0.242. The maximum Gasteiger partial charge on any atom is 0.135 e. The smallest absolute Gasteiger partial charge is 0.135 e. The van der Waals surface area contributed by atoms with Crippen LogP contribution in [0.3, 0.4) is 0 Å². The van der Waals surface area contributed by atoms with Gasteiger partial charge in [0.1, 0.15) is 18.0 Å². The van der Waals surface area contributed by atoms with E-state index < -0.39 is 11.6 Å². The molecule has 0 unspecified atom stereocenters. The second kappa shape index (κ2) is 5.38. The first kappa shape index (κ1) is 16.4. The van der Waals surface area contributed by atoms with E-state index in [1.807, 2.05) is 12.1 Å². The van der Waals surface area contributed by atoms with Crippen molar-refractivity contribution >= 4 is 0 Å². The van der Waals surface area contributed by atoms with Crippen molar-refractivity contribution in [2.75, 3.05) is 0 Å². The zero-order valence-corrected chi connectivity index (χ0v) is 15.1. The largest absolute Gasteiger partial charge is 0.245 e. The van der Waals surface area contributed by atoms with Gasteiger partial charge in [-0.2, -0.15) is 5.10 Å². The van der Waals surface area contributed by atoms with Gasteiger partial charge in [0.2, 0.25) is 0 Å². The molecule has 0 aliphatic heterocycles. The first-order valence-corrected chi connectivity index (χ1v) is 9.06. The summed E-state index contributed by atoms with van der Waals surface area (Å²) in [5.74, 6) is -1.01. The Morgan fingerprint density at radius 1 is 1.07 bits per heavy atom. The van der Waals surface area contributed by atoms with E-state index in [-0.39, 0.29) is 28.0 Å². The van der Waals surface area contributed by atoms with E-state index >= 15 is 0 Å². The molecule has 6 heteroatoms. The van der Waals surface area contributed by atoms with E-state index in [1.54, 1.807) is 12.5 Å². The van der Waals surface area contributed by atoms with Gasteiger partial charge in [0.15, 0.2) is 0 Å². The van der Waals surface area contributed by atoms with Crippen LogP contribution in [-0.2, 0) is 5.41 Å². The quantitative estimate of drug-likeness (QED) is 0.676. The number of aromatic nitrogens is 4. The highest BCUT2D eigenvalue weighted by Crippen LogP contribution is 2.69. The van der Waals surface area contributed by atoms with Crippen LogP contribution in [0.4, 0.5) is 8.78 Å². The summed E-state index contributed by atoms with van der Waals surface area (Å²) in [5.41, 5.74) is 2.48. The number of hydrogen-bond acceptors (Lipinski definition) is 4. The minimum absolute atomic E-state index is 0.120. The minimum atomic E-state index is -0.628. The van der Waals surface area contributed by atoms with Crippen molar-refractivity contribution < 1.29 is 8.78 Å². The summed E-state index contributed by atoms with van der Waals surface area (Å²) in [4.78, 5) is 8.58. The number of nitrogens with zero attached hydrogens (tertiary/aromatic N) is 4. The molecular weight excluding hydrogens is 346 g/mol. The highest BCUT2D eigenvalue weighted by Gasteiger charge is 2.64. The number of benzene rings is 1. The van der Waals surface area contributed by atoms with Gasteiger partial charge in [-0.15, -0.1) is 5.10 Å². The molecule has 2 aromatic heterocycles. The summed E-state index contributed by atoms with van der Waals surface area (Å²) in [5, 5.41) is 8.72. The fourth-order valence-electron chi connectivity index (χ4n) is 5.30. The van der Waals surface area contributed by atoms with E-state index in [0.29, 0.717) is 0 Å². The van der Waals surface area contributed by atoms with Crippen molar-refractivity contribution in [2.24, 2.45) is 5.41 Å². The van der Waals surface area contributed by atoms with Crippen LogP contribution < -0.4 is 0 Å². The van der Waals surface area contributed by atoms with Crippen LogP contribution in [0.25, 0.3) is 11.3 Å². The molecule has 0 radical (unpaired) electrons. The molecule has 0 saturated heterocycles. The average Bonchev–Trinajstić information content (AvgIpc) is 3.04. The number of hydrogen-bond donors (Lipinski definition) is 0. The SMILES string of the molecule is CC1(C)[C@H]2CC[C@]1(c1ccncn1)c1nnc(-c3c(F)cccc3F)cc12. The molecule has 5 rings (SSSR count). The Morgan fingerprint density at radius 3 is 2.56 bits per heavy atom. The average molecular weight is 364 g/mol. The lowest BCUT2D eigenvalue weighted by Crippen LogP contribution is -2.37. The van der Waals surface area contributed by atoms with Gasteiger partial charge in [-0.25, -0.2) is 18.7 Å². The van der Waals surface area contributed by atoms with E-state index in [9.17, 15) is 8.78 Å². The summed E-state index contributed by atoms with van der Waals surface area (Å²) in [6, 6.07) is 7.59. The maximum atomic E-state index is 14.2. The molecule has 0 N–H and O–H groups in total. The lowest BCUT2D eigenvalue weighted by atomic mass is 9.66. The van der Waals surface area contributed by atoms with Crippen molar-refractivity contribution in [2.45, 2.75) is 38.0 Å². The number of halogens is 2. The van der Waals surface area contributed by atoms with E-state index in [0.717, 1.165) is 29.8 Å². The van der Waals surface area contributed by atoms with Gasteiger partial charge in [-0.05, 0) is 54.0 Å². The topological polar surface area (TPSA) is 51.6 Å². The van der Waals surface area contributed by atoms with Crippen molar-refractivity contribution in [3.05, 3.63) is 71.4 Å². The molecule has 3 aromatic rings. The molecule has 0 spiro atoms. The Labute approximate surface area is 155 Å². The third kappa shape index (κ3) is 1.95. The zero-order chi connectivity index (χ0) is 18.8. The van der Waals surface area contributed by atoms with Crippen molar-refractivity contribution in [1.29, 1.82) is 0 Å². The molecule has 136 valence electrons. The van der Waals surface area contributed by atoms with E-state index in [2.05, 4.69) is 34.0 Å². The molecule has 2 heterocycles. The van der Waals surface area contributed by atoms with Gasteiger partial charge in [-0.3, -0.25) is 0 Å². The molecule has 27 heavy (non-hydrogen) atoms. The van der Waals surface area contributed by atoms with Crippen LogP contribution >= 0.6 is 0 Å². The van der Waals surface area contributed by atoms with E-state index in [4.69, 9.17) is 0 Å². The fraction of sp³-hybridized carbons (Fsp3) is 0.333. The van der Waals surface area contributed by atoms with Gasteiger partial charge in [0.05, 0.1) is 28.1 Å². The summed E-state index contributed by atoms with van der Waals surface area (Å²) in [6.45, 7) is 4.44. The Hall–Kier alpha value is -2.76. The standard InChI is InChI=1S/C21H18F2N4/c1-20(2)13-6-8-21(20,17-7-9-24-11-25-17)19-12(13)10-16(26-27-19)18-14(22)4-3-5-15(18)23/h3-5,7,9-11,13H,6,8H2,1-2H3/t13-,21-/m0/s1. The summed E-state index contributed by atoms with van der Waals surface area (Å²) >= 11 is 0. The van der Waals surface area contributed by atoms with E-state index in [1.165, 1.54) is 18.2 Å². The van der Waals surface area contributed by atoms with Crippen LogP contribution in [-0.4, -0.2) is 20.2 Å². The second-order valence-electron chi connectivity index (χ2n) is 7.94. The highest BCUT2D eigenvalue weighted by atomic mass is 19.1. The first-order valence-electron chi connectivity index (χ1n) is 9.06. The summed E-state index contributed by atoms with van der Waals surface area (Å²) in [6.07, 6.45) is 5.21. The Morgan fingerprint density at radius 2 is 1.85 bits per heavy atom. The van der Waals surface area contributed by atoms with Gasteiger partial charge in [-0.1, -0.05) is 19.9 Å². The third-order valence-corrected chi connectivity index (χ3v) is 6.62. The molecule has 2 bridgehead atoms. The predicted molar refractivity (Wildman–Crippen MR) is 96.0 cm³/mol. The molecule has 4 nitrogen and oxygen atoms in total. The van der Waals surface area contributed by atoms with Gasteiger partial charge in [0, 0.05) is 6.20 Å². The summed E-state index contributed by atoms with van der Waals surface area (Å²) in [7, 11) is 0. The number of rotatable bonds is 2. The van der Waals surface area contributed by atoms with Crippen LogP contribution in [0.15, 0.2) is 42.9 Å². The van der Waals surface area contributed by atoms with Crippen molar-refractivity contribution in [1.82, 2.24) is 20.2 Å². The zero-order valence-electron chi connectivity index (χ0n) is 15.1. The van der Waals surface area contributed by atoms with Crippen molar-refractivity contribution in [3.8, 4) is 11.3 Å². The lowest BCUT2D eigenvalue weighted by Gasteiger charge is -2.37. The molecule has 2 atom stereocenters. The molecule has 1 aromatic carbocycles. The molecule has 1 saturated carbocycles. The fourth-order valence-corrected chi connectivity index (χ4v) is 5.30. The van der Waals surface area contributed by atoms with Gasteiger partial charge >= 0.3 is 0 Å². The maximum absolute atomic E-state index is 14.2. The Bertz CT molecular complexity index is 1030. The second-order valence-corrected chi connectivity index (χ2v) is 7.94. The van der Waals surface area contributed by atoms with Crippen LogP contribution in [0.5, 0.6) is 0 Å². The van der Waals surface area contributed by atoms with Crippen LogP contribution in [0.2, 0.25) is 0 Å². The normalized spacial score (nSPS) is 24.8. The minimum Gasteiger partial charge on any atom is -0.245 e. The molecule has 1 fully saturated rings. The molecule has 0 amide bonds. The van der Waals surface area contributed by atoms with Crippen LogP contribution in [0, 0.1) is 17.0 Å². The van der Waals surface area contributed by atoms with Gasteiger partial charge < -0.3 is 0 Å². The van der Waals surface area contributed by atoms with Crippen molar-refractivity contribution in [3.63, 3.8) is 0 Å². The highest BCUT2D eigenvalue weighted by molar-refractivity contribution is 5.64. The molecule has 2 aliphatic carbocycles.